The molecule has 1 saturated heterocycles. The summed E-state index contributed by atoms with van der Waals surface area (Å²) in [6.45, 7) is 5.57. The molecule has 0 bridgehead atoms. The van der Waals surface area contributed by atoms with Gasteiger partial charge in [0.15, 0.2) is 0 Å². The number of aliphatic hydroxyl groups is 1. The lowest BCUT2D eigenvalue weighted by Gasteiger charge is -2.38. The fourth-order valence-electron chi connectivity index (χ4n) is 1.59. The van der Waals surface area contributed by atoms with Crippen molar-refractivity contribution in [3.63, 3.8) is 0 Å². The Morgan fingerprint density at radius 2 is 1.76 bits per heavy atom. The van der Waals surface area contributed by atoms with Gasteiger partial charge >= 0.3 is 6.09 Å². The van der Waals surface area contributed by atoms with Crippen LogP contribution in [0.2, 0.25) is 0 Å². The fraction of sp³-hybridized carbons (Fsp3) is 0.818. The molecule has 6 nitrogen and oxygen atoms in total. The van der Waals surface area contributed by atoms with E-state index in [4.69, 9.17) is 4.74 Å². The number of carbonyl (C=O) groups is 2. The number of piperidine rings is 1. The third-order valence-electron chi connectivity index (χ3n) is 2.62. The predicted octanol–water partition coefficient (Wildman–Crippen LogP) is -0.502. The second-order valence-electron chi connectivity index (χ2n) is 5.29. The maximum Gasteiger partial charge on any atom is 0.410 e. The SMILES string of the molecule is CC(C)(C)OC(=O)N1CCC(O)(C(=O)[O-])CC1. The van der Waals surface area contributed by atoms with Gasteiger partial charge in [-0.2, -0.15) is 0 Å². The van der Waals surface area contributed by atoms with Crippen LogP contribution in [0.1, 0.15) is 33.6 Å². The van der Waals surface area contributed by atoms with Crippen molar-refractivity contribution in [3.8, 4) is 0 Å². The highest BCUT2D eigenvalue weighted by Crippen LogP contribution is 2.22. The second kappa shape index (κ2) is 4.52. The number of likely N-dealkylation sites (tertiary alicyclic amines) is 1. The Kier molecular flexibility index (Phi) is 3.66. The number of carboxylic acids is 1. The van der Waals surface area contributed by atoms with E-state index in [1.54, 1.807) is 20.8 Å². The molecule has 17 heavy (non-hydrogen) atoms. The van der Waals surface area contributed by atoms with E-state index in [2.05, 4.69) is 0 Å². The van der Waals surface area contributed by atoms with Crippen molar-refractivity contribution < 1.29 is 24.5 Å². The first kappa shape index (κ1) is 13.8. The van der Waals surface area contributed by atoms with E-state index in [-0.39, 0.29) is 25.9 Å². The van der Waals surface area contributed by atoms with Crippen LogP contribution in [-0.2, 0) is 9.53 Å². The molecule has 1 amide bonds. The molecule has 1 aliphatic heterocycles. The molecule has 98 valence electrons. The number of aliphatic carboxylic acids is 1. The van der Waals surface area contributed by atoms with Crippen LogP contribution < -0.4 is 5.11 Å². The Hall–Kier alpha value is -1.30. The lowest BCUT2D eigenvalue weighted by Crippen LogP contribution is -2.56. The molecule has 1 N–H and O–H groups in total. The molecule has 1 fully saturated rings. The quantitative estimate of drug-likeness (QED) is 0.671. The van der Waals surface area contributed by atoms with Crippen LogP contribution in [0.5, 0.6) is 0 Å². The van der Waals surface area contributed by atoms with Crippen LogP contribution in [-0.4, -0.2) is 46.4 Å². The minimum absolute atomic E-state index is 0.0332. The average molecular weight is 244 g/mol. The van der Waals surface area contributed by atoms with E-state index in [1.165, 1.54) is 4.90 Å². The van der Waals surface area contributed by atoms with Gasteiger partial charge in [-0.3, -0.25) is 0 Å². The normalized spacial score (nSPS) is 19.9. The topological polar surface area (TPSA) is 89.9 Å². The van der Waals surface area contributed by atoms with E-state index in [9.17, 15) is 19.8 Å². The van der Waals surface area contributed by atoms with Gasteiger partial charge in [-0.05, 0) is 33.6 Å². The van der Waals surface area contributed by atoms with Crippen molar-refractivity contribution in [3.05, 3.63) is 0 Å². The molecule has 0 unspecified atom stereocenters. The smallest absolute Gasteiger partial charge is 0.410 e. The molecule has 1 heterocycles. The van der Waals surface area contributed by atoms with E-state index >= 15 is 0 Å². The number of ether oxygens (including phenoxy) is 1. The van der Waals surface area contributed by atoms with Crippen LogP contribution in [0, 0.1) is 0 Å². The van der Waals surface area contributed by atoms with Gasteiger partial charge in [0.2, 0.25) is 0 Å². The third kappa shape index (κ3) is 3.59. The van der Waals surface area contributed by atoms with E-state index in [1.807, 2.05) is 0 Å². The number of carboxylic acid groups (broad SMARTS) is 1. The molecule has 1 aliphatic rings. The molecule has 0 aliphatic carbocycles. The Balaban J connectivity index is 2.53. The van der Waals surface area contributed by atoms with Crippen molar-refractivity contribution in [2.45, 2.75) is 44.8 Å². The first-order chi connectivity index (χ1) is 7.64. The van der Waals surface area contributed by atoms with E-state index in [0.29, 0.717) is 0 Å². The number of hydrogen-bond donors (Lipinski definition) is 1. The number of hydrogen-bond acceptors (Lipinski definition) is 5. The highest BCUT2D eigenvalue weighted by Gasteiger charge is 2.36. The molecule has 0 aromatic heterocycles. The summed E-state index contributed by atoms with van der Waals surface area (Å²) in [5, 5.41) is 20.3. The first-order valence-electron chi connectivity index (χ1n) is 5.56. The standard InChI is InChI=1S/C11H19NO5/c1-10(2,3)17-9(15)12-6-4-11(16,5-7-12)8(13)14/h16H,4-7H2,1-3H3,(H,13,14)/p-1. The molecule has 0 radical (unpaired) electrons. The molecule has 0 atom stereocenters. The van der Waals surface area contributed by atoms with Gasteiger partial charge in [-0.1, -0.05) is 0 Å². The van der Waals surface area contributed by atoms with Crippen LogP contribution in [0.3, 0.4) is 0 Å². The zero-order valence-corrected chi connectivity index (χ0v) is 10.4. The van der Waals surface area contributed by atoms with Crippen LogP contribution in [0.25, 0.3) is 0 Å². The van der Waals surface area contributed by atoms with Crippen molar-refractivity contribution >= 4 is 12.1 Å². The zero-order valence-electron chi connectivity index (χ0n) is 10.4. The van der Waals surface area contributed by atoms with Gasteiger partial charge in [0.1, 0.15) is 11.2 Å². The predicted molar refractivity (Wildman–Crippen MR) is 57.0 cm³/mol. The third-order valence-corrected chi connectivity index (χ3v) is 2.62. The van der Waals surface area contributed by atoms with Gasteiger partial charge in [0, 0.05) is 13.1 Å². The molecular formula is C11H18NO5-. The monoisotopic (exact) mass is 244 g/mol. The summed E-state index contributed by atoms with van der Waals surface area (Å²) < 4.78 is 5.15. The summed E-state index contributed by atoms with van der Waals surface area (Å²) in [4.78, 5) is 23.7. The molecule has 0 aromatic rings. The highest BCUT2D eigenvalue weighted by atomic mass is 16.6. The Morgan fingerprint density at radius 3 is 2.12 bits per heavy atom. The van der Waals surface area contributed by atoms with Gasteiger partial charge in [-0.15, -0.1) is 0 Å². The largest absolute Gasteiger partial charge is 0.547 e. The molecule has 0 spiro atoms. The van der Waals surface area contributed by atoms with Crippen molar-refractivity contribution in [2.75, 3.05) is 13.1 Å². The maximum atomic E-state index is 11.7. The summed E-state index contributed by atoms with van der Waals surface area (Å²) in [5.74, 6) is -1.48. The lowest BCUT2D eigenvalue weighted by molar-refractivity contribution is -0.326. The first-order valence-corrected chi connectivity index (χ1v) is 5.56. The van der Waals surface area contributed by atoms with Crippen molar-refractivity contribution in [2.24, 2.45) is 0 Å². The summed E-state index contributed by atoms with van der Waals surface area (Å²) >= 11 is 0. The number of amides is 1. The molecule has 0 aromatic carbocycles. The molecule has 0 saturated carbocycles. The summed E-state index contributed by atoms with van der Waals surface area (Å²) in [5.41, 5.74) is -2.41. The van der Waals surface area contributed by atoms with E-state index in [0.717, 1.165) is 0 Å². The number of nitrogens with zero attached hydrogens (tertiary/aromatic N) is 1. The highest BCUT2D eigenvalue weighted by molar-refractivity contribution is 5.76. The van der Waals surface area contributed by atoms with Crippen molar-refractivity contribution in [1.82, 2.24) is 4.90 Å². The second-order valence-corrected chi connectivity index (χ2v) is 5.29. The maximum absolute atomic E-state index is 11.7. The van der Waals surface area contributed by atoms with Gasteiger partial charge < -0.3 is 24.6 Å². The number of carbonyl (C=O) groups excluding carboxylic acids is 2. The zero-order chi connectivity index (χ0) is 13.3. The minimum Gasteiger partial charge on any atom is -0.547 e. The summed E-state index contributed by atoms with van der Waals surface area (Å²) in [7, 11) is 0. The van der Waals surface area contributed by atoms with Crippen LogP contribution in [0.4, 0.5) is 4.79 Å². The van der Waals surface area contributed by atoms with Gasteiger partial charge in [0.25, 0.3) is 0 Å². The Labute approximate surface area is 100 Å². The van der Waals surface area contributed by atoms with E-state index < -0.39 is 23.3 Å². The van der Waals surface area contributed by atoms with Gasteiger partial charge in [-0.25, -0.2) is 4.79 Å². The average Bonchev–Trinajstić information content (AvgIpc) is 2.15. The Morgan fingerprint density at radius 1 is 1.29 bits per heavy atom. The summed E-state index contributed by atoms with van der Waals surface area (Å²) in [6, 6.07) is 0. The molecule has 6 heteroatoms. The van der Waals surface area contributed by atoms with Crippen LogP contribution in [0.15, 0.2) is 0 Å². The number of rotatable bonds is 1. The fourth-order valence-corrected chi connectivity index (χ4v) is 1.59. The lowest BCUT2D eigenvalue weighted by atomic mass is 9.92. The molecule has 1 rings (SSSR count). The minimum atomic E-state index is -1.82. The summed E-state index contributed by atoms with van der Waals surface area (Å²) in [6.07, 6.45) is -0.554. The molecular weight excluding hydrogens is 226 g/mol. The Bertz CT molecular complexity index is 312. The van der Waals surface area contributed by atoms with Crippen LogP contribution >= 0.6 is 0 Å². The van der Waals surface area contributed by atoms with Gasteiger partial charge in [0.05, 0.1) is 5.97 Å². The van der Waals surface area contributed by atoms with Crippen molar-refractivity contribution in [1.29, 1.82) is 0 Å².